The molecule has 0 aliphatic carbocycles. The Morgan fingerprint density at radius 2 is 1.61 bits per heavy atom. The zero-order valence-electron chi connectivity index (χ0n) is 8.95. The van der Waals surface area contributed by atoms with E-state index in [-0.39, 0.29) is 16.1 Å². The Labute approximate surface area is 106 Å². The molecule has 0 saturated heterocycles. The normalized spacial score (nSPS) is 10.4. The van der Waals surface area contributed by atoms with Crippen molar-refractivity contribution in [1.82, 2.24) is 0 Å². The van der Waals surface area contributed by atoms with Crippen LogP contribution in [0.5, 0.6) is 0 Å². The van der Waals surface area contributed by atoms with Crippen molar-refractivity contribution in [1.29, 1.82) is 0 Å². The van der Waals surface area contributed by atoms with Crippen LogP contribution >= 0.6 is 11.6 Å². The van der Waals surface area contributed by atoms with Gasteiger partial charge in [0.25, 0.3) is 0 Å². The molecule has 2 rings (SSSR count). The minimum Gasteiger partial charge on any atom is -0.478 e. The van der Waals surface area contributed by atoms with Gasteiger partial charge in [0.15, 0.2) is 11.6 Å². The second-order valence-electron chi connectivity index (χ2n) is 3.61. The lowest BCUT2D eigenvalue weighted by Crippen LogP contribution is -1.96. The van der Waals surface area contributed by atoms with Crippen LogP contribution in [0, 0.1) is 11.6 Å². The lowest BCUT2D eigenvalue weighted by molar-refractivity contribution is 0.0697. The summed E-state index contributed by atoms with van der Waals surface area (Å²) in [5, 5.41) is 8.44. The van der Waals surface area contributed by atoms with Gasteiger partial charge < -0.3 is 5.11 Å². The topological polar surface area (TPSA) is 37.3 Å². The molecule has 2 aromatic rings. The maximum absolute atomic E-state index is 13.6. The van der Waals surface area contributed by atoms with E-state index in [1.54, 1.807) is 0 Å². The predicted molar refractivity (Wildman–Crippen MR) is 63.8 cm³/mol. The summed E-state index contributed by atoms with van der Waals surface area (Å²) in [7, 11) is 0. The van der Waals surface area contributed by atoms with Gasteiger partial charge in [-0.1, -0.05) is 23.7 Å². The molecule has 5 heteroatoms. The molecule has 0 heterocycles. The van der Waals surface area contributed by atoms with Gasteiger partial charge in [-0.3, -0.25) is 0 Å². The highest BCUT2D eigenvalue weighted by Gasteiger charge is 2.13. The molecular weight excluding hydrogens is 262 g/mol. The standard InChI is InChI=1S/C13H7ClF2O2/c14-10-6-5-9(11(15)12(10)16)7-1-3-8(4-2-7)13(17)18/h1-6H,(H,17,18). The summed E-state index contributed by atoms with van der Waals surface area (Å²) < 4.78 is 26.9. The molecule has 0 aliphatic heterocycles. The van der Waals surface area contributed by atoms with Crippen LogP contribution in [0.25, 0.3) is 11.1 Å². The molecule has 18 heavy (non-hydrogen) atoms. The Hall–Kier alpha value is -1.94. The summed E-state index contributed by atoms with van der Waals surface area (Å²) in [4.78, 5) is 10.7. The number of rotatable bonds is 2. The second kappa shape index (κ2) is 4.74. The SMILES string of the molecule is O=C(O)c1ccc(-c2ccc(Cl)c(F)c2F)cc1. The molecule has 0 fully saturated rings. The fourth-order valence-electron chi connectivity index (χ4n) is 1.54. The maximum Gasteiger partial charge on any atom is 0.335 e. The highest BCUT2D eigenvalue weighted by atomic mass is 35.5. The third-order valence-corrected chi connectivity index (χ3v) is 2.77. The Balaban J connectivity index is 2.49. The first-order valence-corrected chi connectivity index (χ1v) is 5.35. The molecule has 0 bridgehead atoms. The molecule has 0 aliphatic rings. The number of benzene rings is 2. The lowest BCUT2D eigenvalue weighted by atomic mass is 10.0. The Morgan fingerprint density at radius 3 is 2.17 bits per heavy atom. The Bertz CT molecular complexity index is 609. The van der Waals surface area contributed by atoms with Gasteiger partial charge in [-0.25, -0.2) is 13.6 Å². The van der Waals surface area contributed by atoms with Crippen molar-refractivity contribution >= 4 is 17.6 Å². The monoisotopic (exact) mass is 268 g/mol. The minimum atomic E-state index is -1.11. The van der Waals surface area contributed by atoms with Gasteiger partial charge in [-0.05, 0) is 29.8 Å². The van der Waals surface area contributed by atoms with Crippen molar-refractivity contribution in [2.45, 2.75) is 0 Å². The first-order chi connectivity index (χ1) is 8.50. The molecule has 2 aromatic carbocycles. The van der Waals surface area contributed by atoms with Gasteiger partial charge >= 0.3 is 5.97 Å². The summed E-state index contributed by atoms with van der Waals surface area (Å²) in [5.74, 6) is -3.24. The quantitative estimate of drug-likeness (QED) is 0.837. The molecule has 2 nitrogen and oxygen atoms in total. The van der Waals surface area contributed by atoms with Gasteiger partial charge in [-0.15, -0.1) is 0 Å². The van der Waals surface area contributed by atoms with Crippen molar-refractivity contribution < 1.29 is 18.7 Å². The number of aromatic carboxylic acids is 1. The van der Waals surface area contributed by atoms with Crippen LogP contribution in [0.15, 0.2) is 36.4 Å². The van der Waals surface area contributed by atoms with Crippen LogP contribution in [-0.2, 0) is 0 Å². The van der Waals surface area contributed by atoms with Crippen molar-refractivity contribution in [3.05, 3.63) is 58.6 Å². The van der Waals surface area contributed by atoms with E-state index in [2.05, 4.69) is 0 Å². The van der Waals surface area contributed by atoms with Gasteiger partial charge in [-0.2, -0.15) is 0 Å². The number of carboxylic acid groups (broad SMARTS) is 1. The second-order valence-corrected chi connectivity index (χ2v) is 4.01. The van der Waals surface area contributed by atoms with Crippen LogP contribution in [0.1, 0.15) is 10.4 Å². The van der Waals surface area contributed by atoms with Gasteiger partial charge in [0.05, 0.1) is 10.6 Å². The number of carbonyl (C=O) groups is 1. The Kier molecular flexibility index (Phi) is 3.30. The van der Waals surface area contributed by atoms with Crippen LogP contribution in [0.3, 0.4) is 0 Å². The van der Waals surface area contributed by atoms with Gasteiger partial charge in [0.1, 0.15) is 0 Å². The number of hydrogen-bond acceptors (Lipinski definition) is 1. The highest BCUT2D eigenvalue weighted by molar-refractivity contribution is 6.30. The van der Waals surface area contributed by atoms with Gasteiger partial charge in [0.2, 0.25) is 0 Å². The van der Waals surface area contributed by atoms with E-state index in [1.807, 2.05) is 0 Å². The van der Waals surface area contributed by atoms with Crippen molar-refractivity contribution in [2.75, 3.05) is 0 Å². The largest absolute Gasteiger partial charge is 0.478 e. The smallest absolute Gasteiger partial charge is 0.335 e. The fourth-order valence-corrected chi connectivity index (χ4v) is 1.69. The molecule has 0 unspecified atom stereocenters. The molecule has 1 N–H and O–H groups in total. The van der Waals surface area contributed by atoms with Crippen LogP contribution in [0.2, 0.25) is 5.02 Å². The molecule has 0 amide bonds. The van der Waals surface area contributed by atoms with E-state index < -0.39 is 17.6 Å². The van der Waals surface area contributed by atoms with Crippen LogP contribution < -0.4 is 0 Å². The summed E-state index contributed by atoms with van der Waals surface area (Å²) in [6.45, 7) is 0. The number of hydrogen-bond donors (Lipinski definition) is 1. The number of halogens is 3. The van der Waals surface area contributed by atoms with E-state index in [1.165, 1.54) is 36.4 Å². The fraction of sp³-hybridized carbons (Fsp3) is 0. The van der Waals surface area contributed by atoms with E-state index >= 15 is 0 Å². The van der Waals surface area contributed by atoms with Crippen molar-refractivity contribution in [3.63, 3.8) is 0 Å². The van der Waals surface area contributed by atoms with Crippen molar-refractivity contribution in [3.8, 4) is 11.1 Å². The molecule has 0 spiro atoms. The zero-order chi connectivity index (χ0) is 13.3. The lowest BCUT2D eigenvalue weighted by Gasteiger charge is -2.05. The maximum atomic E-state index is 13.6. The third kappa shape index (κ3) is 2.19. The molecule has 0 aromatic heterocycles. The van der Waals surface area contributed by atoms with Gasteiger partial charge in [0, 0.05) is 5.56 Å². The van der Waals surface area contributed by atoms with Crippen LogP contribution in [-0.4, -0.2) is 11.1 Å². The van der Waals surface area contributed by atoms with E-state index in [4.69, 9.17) is 16.7 Å². The third-order valence-electron chi connectivity index (χ3n) is 2.48. The minimum absolute atomic E-state index is 0.0360. The summed E-state index contributed by atoms with van der Waals surface area (Å²) in [5.41, 5.74) is 0.496. The predicted octanol–water partition coefficient (Wildman–Crippen LogP) is 3.98. The van der Waals surface area contributed by atoms with E-state index in [0.717, 1.165) is 0 Å². The number of carboxylic acids is 1. The first kappa shape index (κ1) is 12.5. The van der Waals surface area contributed by atoms with E-state index in [9.17, 15) is 13.6 Å². The summed E-state index contributed by atoms with van der Waals surface area (Å²) in [6, 6.07) is 8.06. The molecule has 0 saturated carbocycles. The summed E-state index contributed by atoms with van der Waals surface area (Å²) >= 11 is 5.45. The average molecular weight is 269 g/mol. The first-order valence-electron chi connectivity index (χ1n) is 4.98. The van der Waals surface area contributed by atoms with E-state index in [0.29, 0.717) is 5.56 Å². The average Bonchev–Trinajstić information content (AvgIpc) is 2.36. The van der Waals surface area contributed by atoms with Crippen molar-refractivity contribution in [2.24, 2.45) is 0 Å². The van der Waals surface area contributed by atoms with Crippen LogP contribution in [0.4, 0.5) is 8.78 Å². The highest BCUT2D eigenvalue weighted by Crippen LogP contribution is 2.28. The summed E-state index contributed by atoms with van der Waals surface area (Å²) in [6.07, 6.45) is 0. The molecule has 92 valence electrons. The Morgan fingerprint density at radius 1 is 1.00 bits per heavy atom. The zero-order valence-corrected chi connectivity index (χ0v) is 9.71. The molecule has 0 atom stereocenters. The molecule has 0 radical (unpaired) electrons. The molecular formula is C13H7ClF2O2.